The molecule has 1 unspecified atom stereocenters. The number of halogens is 1. The summed E-state index contributed by atoms with van der Waals surface area (Å²) in [7, 11) is 1.32. The first-order valence-electron chi connectivity index (χ1n) is 4.91. The summed E-state index contributed by atoms with van der Waals surface area (Å²) in [5.41, 5.74) is 0.621. The third-order valence-corrected chi connectivity index (χ3v) is 3.04. The Kier molecular flexibility index (Phi) is 5.19. The molecule has 0 spiro atoms. The van der Waals surface area contributed by atoms with Gasteiger partial charge >= 0.3 is 5.97 Å². The number of ketones is 1. The van der Waals surface area contributed by atoms with Crippen molar-refractivity contribution in [1.29, 1.82) is 0 Å². The molecule has 0 aliphatic carbocycles. The van der Waals surface area contributed by atoms with Crippen LogP contribution in [0.2, 0.25) is 0 Å². The number of esters is 1. The van der Waals surface area contributed by atoms with Crippen molar-refractivity contribution in [1.82, 2.24) is 0 Å². The van der Waals surface area contributed by atoms with Gasteiger partial charge in [0, 0.05) is 16.8 Å². The summed E-state index contributed by atoms with van der Waals surface area (Å²) in [4.78, 5) is 23.1. The van der Waals surface area contributed by atoms with Crippen LogP contribution in [0.1, 0.15) is 16.8 Å². The summed E-state index contributed by atoms with van der Waals surface area (Å²) in [6.07, 6.45) is 0.107. The van der Waals surface area contributed by atoms with Crippen LogP contribution in [0, 0.1) is 5.92 Å². The lowest BCUT2D eigenvalue weighted by molar-refractivity contribution is -0.141. The van der Waals surface area contributed by atoms with Crippen molar-refractivity contribution in [2.24, 2.45) is 5.92 Å². The first-order valence-corrected chi connectivity index (χ1v) is 6.03. The fourth-order valence-electron chi connectivity index (χ4n) is 1.34. The molecular formula is C12H13BrO3. The molecule has 0 heterocycles. The highest BCUT2D eigenvalue weighted by Crippen LogP contribution is 2.15. The molecule has 86 valence electrons. The number of ether oxygens (including phenoxy) is 1. The van der Waals surface area contributed by atoms with Crippen LogP contribution in [-0.2, 0) is 9.53 Å². The van der Waals surface area contributed by atoms with E-state index in [1.54, 1.807) is 24.3 Å². The van der Waals surface area contributed by atoms with Crippen molar-refractivity contribution in [3.8, 4) is 0 Å². The number of hydrogen-bond donors (Lipinski definition) is 0. The third kappa shape index (κ3) is 3.45. The minimum atomic E-state index is -0.367. The topological polar surface area (TPSA) is 43.4 Å². The summed E-state index contributed by atoms with van der Waals surface area (Å²) in [6.45, 7) is 0. The highest BCUT2D eigenvalue weighted by Gasteiger charge is 2.22. The minimum Gasteiger partial charge on any atom is -0.469 e. The number of alkyl halides is 1. The second-order valence-electron chi connectivity index (χ2n) is 3.36. The predicted molar refractivity (Wildman–Crippen MR) is 64.7 cm³/mol. The number of Topliss-reactive ketones (excluding diaryl/α,β-unsaturated/α-hetero) is 1. The van der Waals surface area contributed by atoms with Crippen LogP contribution in [0.25, 0.3) is 0 Å². The zero-order valence-corrected chi connectivity index (χ0v) is 10.6. The lowest BCUT2D eigenvalue weighted by atomic mass is 9.96. The van der Waals surface area contributed by atoms with Gasteiger partial charge in [-0.25, -0.2) is 0 Å². The molecule has 0 saturated heterocycles. The Balaban J connectivity index is 2.74. The van der Waals surface area contributed by atoms with Gasteiger partial charge in [0.05, 0.1) is 13.5 Å². The molecule has 4 heteroatoms. The van der Waals surface area contributed by atoms with Gasteiger partial charge in [-0.05, 0) is 0 Å². The van der Waals surface area contributed by atoms with Gasteiger partial charge in [-0.2, -0.15) is 0 Å². The molecule has 0 N–H and O–H groups in total. The average Bonchev–Trinajstić information content (AvgIpc) is 2.35. The Morgan fingerprint density at radius 1 is 1.31 bits per heavy atom. The highest BCUT2D eigenvalue weighted by molar-refractivity contribution is 9.09. The van der Waals surface area contributed by atoms with Crippen LogP contribution in [-0.4, -0.2) is 24.2 Å². The van der Waals surface area contributed by atoms with Gasteiger partial charge in [0.1, 0.15) is 0 Å². The lowest BCUT2D eigenvalue weighted by Gasteiger charge is -2.11. The predicted octanol–water partition coefficient (Wildman–Crippen LogP) is 2.44. The summed E-state index contributed by atoms with van der Waals surface area (Å²) in [5, 5.41) is 0.454. The molecule has 1 rings (SSSR count). The fraction of sp³-hybridized carbons (Fsp3) is 0.333. The Labute approximate surface area is 103 Å². The van der Waals surface area contributed by atoms with E-state index >= 15 is 0 Å². The normalized spacial score (nSPS) is 11.9. The minimum absolute atomic E-state index is 0.0390. The molecule has 0 radical (unpaired) electrons. The van der Waals surface area contributed by atoms with Gasteiger partial charge in [0.2, 0.25) is 0 Å². The van der Waals surface area contributed by atoms with Crippen LogP contribution < -0.4 is 0 Å². The molecular weight excluding hydrogens is 272 g/mol. The van der Waals surface area contributed by atoms with E-state index in [1.165, 1.54) is 7.11 Å². The Morgan fingerprint density at radius 2 is 1.94 bits per heavy atom. The first kappa shape index (κ1) is 12.9. The number of rotatable bonds is 5. The second-order valence-corrected chi connectivity index (χ2v) is 4.01. The van der Waals surface area contributed by atoms with Crippen molar-refractivity contribution in [3.05, 3.63) is 35.9 Å². The largest absolute Gasteiger partial charge is 0.469 e. The smallest absolute Gasteiger partial charge is 0.306 e. The van der Waals surface area contributed by atoms with Gasteiger partial charge in [0.15, 0.2) is 5.78 Å². The Bertz CT molecular complexity index is 362. The second kappa shape index (κ2) is 6.43. The summed E-state index contributed by atoms with van der Waals surface area (Å²) >= 11 is 3.24. The van der Waals surface area contributed by atoms with Gasteiger partial charge in [-0.3, -0.25) is 9.59 Å². The molecule has 16 heavy (non-hydrogen) atoms. The van der Waals surface area contributed by atoms with E-state index in [2.05, 4.69) is 20.7 Å². The molecule has 3 nitrogen and oxygen atoms in total. The fourth-order valence-corrected chi connectivity index (χ4v) is 1.86. The van der Waals surface area contributed by atoms with Gasteiger partial charge in [-0.15, -0.1) is 0 Å². The number of methoxy groups -OCH3 is 1. The maximum Gasteiger partial charge on any atom is 0.306 e. The van der Waals surface area contributed by atoms with E-state index in [9.17, 15) is 9.59 Å². The highest BCUT2D eigenvalue weighted by atomic mass is 79.9. The number of benzene rings is 1. The maximum atomic E-state index is 12.0. The molecule has 0 aliphatic rings. The van der Waals surface area contributed by atoms with E-state index < -0.39 is 0 Å². The van der Waals surface area contributed by atoms with Crippen LogP contribution in [0.5, 0.6) is 0 Å². The summed E-state index contributed by atoms with van der Waals surface area (Å²) < 4.78 is 4.56. The molecule has 0 aliphatic heterocycles. The monoisotopic (exact) mass is 284 g/mol. The molecule has 1 aromatic carbocycles. The van der Waals surface area contributed by atoms with Gasteiger partial charge < -0.3 is 4.74 Å². The summed E-state index contributed by atoms with van der Waals surface area (Å²) in [5.74, 6) is -0.772. The first-order chi connectivity index (χ1) is 7.69. The van der Waals surface area contributed by atoms with Crippen LogP contribution in [0.3, 0.4) is 0 Å². The van der Waals surface area contributed by atoms with Crippen molar-refractivity contribution in [2.75, 3.05) is 12.4 Å². The zero-order valence-electron chi connectivity index (χ0n) is 8.98. The zero-order chi connectivity index (χ0) is 12.0. The van der Waals surface area contributed by atoms with E-state index in [0.717, 1.165) is 0 Å². The van der Waals surface area contributed by atoms with Crippen molar-refractivity contribution in [3.63, 3.8) is 0 Å². The summed E-state index contributed by atoms with van der Waals surface area (Å²) in [6, 6.07) is 8.94. The molecule has 1 atom stereocenters. The lowest BCUT2D eigenvalue weighted by Crippen LogP contribution is -2.20. The maximum absolute atomic E-state index is 12.0. The Hall–Kier alpha value is -1.16. The van der Waals surface area contributed by atoms with Gasteiger partial charge in [0.25, 0.3) is 0 Å². The van der Waals surface area contributed by atoms with E-state index in [-0.39, 0.29) is 24.1 Å². The number of carbonyl (C=O) groups excluding carboxylic acids is 2. The average molecular weight is 285 g/mol. The quantitative estimate of drug-likeness (QED) is 0.474. The molecule has 0 amide bonds. The Morgan fingerprint density at radius 3 is 2.44 bits per heavy atom. The van der Waals surface area contributed by atoms with Crippen molar-refractivity contribution >= 4 is 27.7 Å². The van der Waals surface area contributed by atoms with E-state index in [0.29, 0.717) is 10.9 Å². The van der Waals surface area contributed by atoms with Gasteiger partial charge in [-0.1, -0.05) is 46.3 Å². The molecule has 0 fully saturated rings. The standard InChI is InChI=1S/C12H13BrO3/c1-16-11(14)7-10(8-13)12(15)9-5-3-2-4-6-9/h2-6,10H,7-8H2,1H3. The third-order valence-electron chi connectivity index (χ3n) is 2.26. The van der Waals surface area contributed by atoms with Crippen LogP contribution in [0.15, 0.2) is 30.3 Å². The molecule has 0 saturated carbocycles. The van der Waals surface area contributed by atoms with E-state index in [4.69, 9.17) is 0 Å². The molecule has 0 bridgehead atoms. The molecule has 0 aromatic heterocycles. The SMILES string of the molecule is COC(=O)CC(CBr)C(=O)c1ccccc1. The van der Waals surface area contributed by atoms with Crippen molar-refractivity contribution < 1.29 is 14.3 Å². The number of carbonyl (C=O) groups is 2. The van der Waals surface area contributed by atoms with Crippen molar-refractivity contribution in [2.45, 2.75) is 6.42 Å². The number of hydrogen-bond acceptors (Lipinski definition) is 3. The molecule has 1 aromatic rings. The van der Waals surface area contributed by atoms with Crippen LogP contribution in [0.4, 0.5) is 0 Å². The van der Waals surface area contributed by atoms with Crippen LogP contribution >= 0.6 is 15.9 Å². The van der Waals surface area contributed by atoms with E-state index in [1.807, 2.05) is 6.07 Å².